The molecule has 1 aromatic carbocycles. The third kappa shape index (κ3) is 3.54. The molecule has 0 aliphatic heterocycles. The summed E-state index contributed by atoms with van der Waals surface area (Å²) in [5.41, 5.74) is 1.08. The molecule has 0 unspecified atom stereocenters. The maximum atomic E-state index is 13.3. The average molecular weight is 274 g/mol. The average Bonchev–Trinajstić information content (AvgIpc) is 2.48. The highest BCUT2D eigenvalue weighted by Crippen LogP contribution is 2.11. The summed E-state index contributed by atoms with van der Waals surface area (Å²) in [6.45, 7) is 0.437. The molecule has 2 rings (SSSR count). The second-order valence-corrected chi connectivity index (χ2v) is 4.21. The van der Waals surface area contributed by atoms with Gasteiger partial charge in [-0.3, -0.25) is 9.78 Å². The quantitative estimate of drug-likeness (QED) is 0.909. The molecule has 1 N–H and O–H groups in total. The van der Waals surface area contributed by atoms with Crippen LogP contribution in [0.2, 0.25) is 0 Å². The lowest BCUT2D eigenvalue weighted by atomic mass is 10.1. The smallest absolute Gasteiger partial charge is 0.254 e. The highest BCUT2D eigenvalue weighted by Gasteiger charge is 2.10. The molecule has 4 nitrogen and oxygen atoms in total. The molecule has 104 valence electrons. The van der Waals surface area contributed by atoms with Gasteiger partial charge in [0.15, 0.2) is 5.82 Å². The summed E-state index contributed by atoms with van der Waals surface area (Å²) in [7, 11) is 1.61. The van der Waals surface area contributed by atoms with Gasteiger partial charge in [-0.25, -0.2) is 4.39 Å². The minimum absolute atomic E-state index is 0.00901. The molecule has 0 radical (unpaired) electrons. The molecule has 0 atom stereocenters. The fourth-order valence-electron chi connectivity index (χ4n) is 1.77. The van der Waals surface area contributed by atoms with E-state index in [1.54, 1.807) is 7.11 Å². The van der Waals surface area contributed by atoms with E-state index in [1.807, 2.05) is 24.3 Å². The van der Waals surface area contributed by atoms with Crippen LogP contribution in [-0.2, 0) is 6.42 Å². The zero-order valence-corrected chi connectivity index (χ0v) is 11.1. The Kier molecular flexibility index (Phi) is 4.65. The largest absolute Gasteiger partial charge is 0.497 e. The molecule has 0 aliphatic carbocycles. The van der Waals surface area contributed by atoms with E-state index in [-0.39, 0.29) is 5.56 Å². The van der Waals surface area contributed by atoms with Gasteiger partial charge in [0.25, 0.3) is 5.91 Å². The number of hydrogen-bond donors (Lipinski definition) is 1. The molecule has 0 aliphatic rings. The summed E-state index contributed by atoms with van der Waals surface area (Å²) in [6.07, 6.45) is 3.09. The Morgan fingerprint density at radius 1 is 1.30 bits per heavy atom. The molecule has 5 heteroatoms. The van der Waals surface area contributed by atoms with E-state index in [9.17, 15) is 9.18 Å². The molecular weight excluding hydrogens is 259 g/mol. The van der Waals surface area contributed by atoms with Crippen molar-refractivity contribution in [3.05, 3.63) is 59.7 Å². The number of pyridine rings is 1. The summed E-state index contributed by atoms with van der Waals surface area (Å²) in [5.74, 6) is -0.260. The third-order valence-corrected chi connectivity index (χ3v) is 2.88. The maximum absolute atomic E-state index is 13.3. The fraction of sp³-hybridized carbons (Fsp3) is 0.200. The summed E-state index contributed by atoms with van der Waals surface area (Å²) >= 11 is 0. The Bertz CT molecular complexity index is 585. The van der Waals surface area contributed by atoms with Crippen LogP contribution in [0.15, 0.2) is 42.7 Å². The molecule has 1 amide bonds. The molecule has 2 aromatic rings. The lowest BCUT2D eigenvalue weighted by Crippen LogP contribution is -2.26. The van der Waals surface area contributed by atoms with Gasteiger partial charge in [0.05, 0.1) is 18.9 Å². The van der Waals surface area contributed by atoms with Crippen LogP contribution in [0.1, 0.15) is 15.9 Å². The number of nitrogens with zero attached hydrogens (tertiary/aromatic N) is 1. The van der Waals surface area contributed by atoms with E-state index in [2.05, 4.69) is 10.3 Å². The fourth-order valence-corrected chi connectivity index (χ4v) is 1.77. The minimum Gasteiger partial charge on any atom is -0.497 e. The molecular formula is C15H15FN2O2. The van der Waals surface area contributed by atoms with E-state index in [0.29, 0.717) is 13.0 Å². The van der Waals surface area contributed by atoms with Crippen LogP contribution in [0, 0.1) is 5.82 Å². The number of amides is 1. The summed E-state index contributed by atoms with van der Waals surface area (Å²) < 4.78 is 18.4. The first kappa shape index (κ1) is 14.0. The molecule has 0 spiro atoms. The lowest BCUT2D eigenvalue weighted by molar-refractivity contribution is 0.0950. The van der Waals surface area contributed by atoms with Crippen molar-refractivity contribution in [2.24, 2.45) is 0 Å². The normalized spacial score (nSPS) is 10.1. The Hall–Kier alpha value is -2.43. The third-order valence-electron chi connectivity index (χ3n) is 2.88. The SMILES string of the molecule is COc1ccc(CCNC(=O)c2ccncc2F)cc1. The number of aromatic nitrogens is 1. The first-order valence-corrected chi connectivity index (χ1v) is 6.21. The van der Waals surface area contributed by atoms with Gasteiger partial charge in [0, 0.05) is 12.7 Å². The Morgan fingerprint density at radius 2 is 2.05 bits per heavy atom. The molecule has 20 heavy (non-hydrogen) atoms. The number of benzene rings is 1. The van der Waals surface area contributed by atoms with Crippen LogP contribution in [0.4, 0.5) is 4.39 Å². The van der Waals surface area contributed by atoms with Crippen molar-refractivity contribution < 1.29 is 13.9 Å². The highest BCUT2D eigenvalue weighted by atomic mass is 19.1. The highest BCUT2D eigenvalue weighted by molar-refractivity contribution is 5.94. The van der Waals surface area contributed by atoms with Gasteiger partial charge in [0.1, 0.15) is 5.75 Å². The lowest BCUT2D eigenvalue weighted by Gasteiger charge is -2.06. The molecule has 0 fully saturated rings. The van der Waals surface area contributed by atoms with Gasteiger partial charge in [-0.05, 0) is 30.2 Å². The van der Waals surface area contributed by atoms with E-state index in [1.165, 1.54) is 12.3 Å². The monoisotopic (exact) mass is 274 g/mol. The second kappa shape index (κ2) is 6.65. The van der Waals surface area contributed by atoms with Crippen LogP contribution in [0.3, 0.4) is 0 Å². The van der Waals surface area contributed by atoms with Crippen molar-refractivity contribution in [1.29, 1.82) is 0 Å². The molecule has 0 bridgehead atoms. The summed E-state index contributed by atoms with van der Waals surface area (Å²) in [5, 5.41) is 2.68. The number of halogens is 1. The van der Waals surface area contributed by atoms with Crippen LogP contribution in [-0.4, -0.2) is 24.5 Å². The Balaban J connectivity index is 1.86. The predicted octanol–water partition coefficient (Wildman–Crippen LogP) is 2.20. The van der Waals surface area contributed by atoms with Crippen LogP contribution < -0.4 is 10.1 Å². The Morgan fingerprint density at radius 3 is 2.70 bits per heavy atom. The van der Waals surface area contributed by atoms with E-state index < -0.39 is 11.7 Å². The van der Waals surface area contributed by atoms with E-state index in [4.69, 9.17) is 4.74 Å². The molecule has 1 heterocycles. The van der Waals surface area contributed by atoms with Crippen LogP contribution >= 0.6 is 0 Å². The first-order valence-electron chi connectivity index (χ1n) is 6.21. The van der Waals surface area contributed by atoms with Gasteiger partial charge in [-0.1, -0.05) is 12.1 Å². The number of carbonyl (C=O) groups is 1. The second-order valence-electron chi connectivity index (χ2n) is 4.21. The van der Waals surface area contributed by atoms with Gasteiger partial charge < -0.3 is 10.1 Å². The van der Waals surface area contributed by atoms with Gasteiger partial charge >= 0.3 is 0 Å². The van der Waals surface area contributed by atoms with Gasteiger partial charge in [-0.15, -0.1) is 0 Å². The first-order chi connectivity index (χ1) is 9.70. The van der Waals surface area contributed by atoms with Crippen molar-refractivity contribution in [2.45, 2.75) is 6.42 Å². The maximum Gasteiger partial charge on any atom is 0.254 e. The zero-order chi connectivity index (χ0) is 14.4. The number of carbonyl (C=O) groups excluding carboxylic acids is 1. The van der Waals surface area contributed by atoms with E-state index in [0.717, 1.165) is 17.5 Å². The number of methoxy groups -OCH3 is 1. The number of ether oxygens (including phenoxy) is 1. The minimum atomic E-state index is -0.616. The summed E-state index contributed by atoms with van der Waals surface area (Å²) in [4.78, 5) is 15.4. The van der Waals surface area contributed by atoms with Crippen molar-refractivity contribution >= 4 is 5.91 Å². The van der Waals surface area contributed by atoms with Crippen molar-refractivity contribution in [3.63, 3.8) is 0 Å². The summed E-state index contributed by atoms with van der Waals surface area (Å²) in [6, 6.07) is 8.94. The standard InChI is InChI=1S/C15H15FN2O2/c1-20-12-4-2-11(3-5-12)6-9-18-15(19)13-7-8-17-10-14(13)16/h2-5,7-8,10H,6,9H2,1H3,(H,18,19). The molecule has 0 saturated heterocycles. The van der Waals surface area contributed by atoms with E-state index >= 15 is 0 Å². The predicted molar refractivity (Wildman–Crippen MR) is 73.2 cm³/mol. The van der Waals surface area contributed by atoms with Gasteiger partial charge in [-0.2, -0.15) is 0 Å². The number of nitrogens with one attached hydrogen (secondary N) is 1. The molecule has 1 aromatic heterocycles. The van der Waals surface area contributed by atoms with Gasteiger partial charge in [0.2, 0.25) is 0 Å². The topological polar surface area (TPSA) is 51.2 Å². The van der Waals surface area contributed by atoms with Crippen molar-refractivity contribution in [2.75, 3.05) is 13.7 Å². The number of rotatable bonds is 5. The Labute approximate surface area is 116 Å². The van der Waals surface area contributed by atoms with Crippen molar-refractivity contribution in [1.82, 2.24) is 10.3 Å². The van der Waals surface area contributed by atoms with Crippen LogP contribution in [0.25, 0.3) is 0 Å². The molecule has 0 saturated carbocycles. The number of hydrogen-bond acceptors (Lipinski definition) is 3. The van der Waals surface area contributed by atoms with Crippen LogP contribution in [0.5, 0.6) is 5.75 Å². The zero-order valence-electron chi connectivity index (χ0n) is 11.1. The van der Waals surface area contributed by atoms with Crippen molar-refractivity contribution in [3.8, 4) is 5.75 Å².